The molecule has 0 amide bonds. The molecule has 8 heteroatoms. The monoisotopic (exact) mass is 290 g/mol. The molecule has 2 aromatic heterocycles. The second-order valence-corrected chi connectivity index (χ2v) is 4.36. The van der Waals surface area contributed by atoms with Crippen molar-refractivity contribution in [1.82, 2.24) is 15.1 Å². The number of halogens is 1. The van der Waals surface area contributed by atoms with Crippen molar-refractivity contribution in [3.63, 3.8) is 0 Å². The fourth-order valence-electron chi connectivity index (χ4n) is 0.991. The third-order valence-electron chi connectivity index (χ3n) is 1.60. The van der Waals surface area contributed by atoms with Gasteiger partial charge in [0.05, 0.1) is 0 Å². The standard InChI is InChI=1S/C7H7BrN4O2S/c8-4-3-15-6(10-4)9-2-1-5-11-7(13)14-12-5/h3H,1-2H2,(H,9,10)(H,11,12,13). The van der Waals surface area contributed by atoms with Crippen molar-refractivity contribution in [2.75, 3.05) is 11.9 Å². The lowest BCUT2D eigenvalue weighted by Gasteiger charge is -1.98. The molecular weight excluding hydrogens is 284 g/mol. The van der Waals surface area contributed by atoms with Crippen LogP contribution in [0.25, 0.3) is 0 Å². The maximum atomic E-state index is 10.6. The summed E-state index contributed by atoms with van der Waals surface area (Å²) in [5.41, 5.74) is 0. The summed E-state index contributed by atoms with van der Waals surface area (Å²) in [6.07, 6.45) is 0.586. The van der Waals surface area contributed by atoms with Gasteiger partial charge in [-0.1, -0.05) is 5.16 Å². The number of H-pyrrole nitrogens is 1. The first-order valence-electron chi connectivity index (χ1n) is 4.14. The van der Waals surface area contributed by atoms with Crippen LogP contribution in [0.5, 0.6) is 0 Å². The predicted molar refractivity (Wildman–Crippen MR) is 59.1 cm³/mol. The Labute approximate surface area is 96.8 Å². The number of hydrogen-bond donors (Lipinski definition) is 2. The second kappa shape index (κ2) is 4.58. The topological polar surface area (TPSA) is 83.8 Å². The van der Waals surface area contributed by atoms with Crippen LogP contribution < -0.4 is 11.1 Å². The lowest BCUT2D eigenvalue weighted by atomic mass is 10.4. The van der Waals surface area contributed by atoms with Crippen molar-refractivity contribution in [2.45, 2.75) is 6.42 Å². The second-order valence-electron chi connectivity index (χ2n) is 2.69. The Morgan fingerprint density at radius 3 is 3.13 bits per heavy atom. The molecule has 0 fully saturated rings. The Balaban J connectivity index is 1.82. The molecule has 0 unspecified atom stereocenters. The normalized spacial score (nSPS) is 10.5. The number of hydrogen-bond acceptors (Lipinski definition) is 6. The Bertz CT molecular complexity index is 491. The molecule has 0 radical (unpaired) electrons. The van der Waals surface area contributed by atoms with E-state index in [0.29, 0.717) is 18.8 Å². The molecule has 0 aliphatic rings. The van der Waals surface area contributed by atoms with Gasteiger partial charge in [-0.05, 0) is 15.9 Å². The third-order valence-corrected chi connectivity index (χ3v) is 3.11. The molecule has 0 spiro atoms. The average molecular weight is 291 g/mol. The maximum absolute atomic E-state index is 10.6. The van der Waals surface area contributed by atoms with Gasteiger partial charge in [0.2, 0.25) is 0 Å². The first kappa shape index (κ1) is 10.4. The molecule has 80 valence electrons. The fraction of sp³-hybridized carbons (Fsp3) is 0.286. The predicted octanol–water partition coefficient (Wildman–Crippen LogP) is 1.24. The number of aromatic nitrogens is 3. The smallest absolute Gasteiger partial charge is 0.361 e. The lowest BCUT2D eigenvalue weighted by molar-refractivity contribution is 0.381. The molecular formula is C7H7BrN4O2S. The SMILES string of the molecule is O=c1[nH]c(CCNc2nc(Br)cs2)no1. The zero-order chi connectivity index (χ0) is 10.7. The molecule has 0 aliphatic carbocycles. The van der Waals surface area contributed by atoms with E-state index < -0.39 is 5.76 Å². The number of nitrogens with zero attached hydrogens (tertiary/aromatic N) is 2. The highest BCUT2D eigenvalue weighted by Crippen LogP contribution is 2.18. The van der Waals surface area contributed by atoms with E-state index in [0.717, 1.165) is 9.73 Å². The third kappa shape index (κ3) is 2.90. The van der Waals surface area contributed by atoms with Gasteiger partial charge >= 0.3 is 5.76 Å². The van der Waals surface area contributed by atoms with E-state index in [2.05, 4.69) is 40.9 Å². The number of nitrogens with one attached hydrogen (secondary N) is 2. The highest BCUT2D eigenvalue weighted by molar-refractivity contribution is 9.10. The first-order valence-corrected chi connectivity index (χ1v) is 5.81. The summed E-state index contributed by atoms with van der Waals surface area (Å²) in [7, 11) is 0. The van der Waals surface area contributed by atoms with E-state index >= 15 is 0 Å². The zero-order valence-corrected chi connectivity index (χ0v) is 9.89. The van der Waals surface area contributed by atoms with E-state index in [1.54, 1.807) is 0 Å². The number of rotatable bonds is 4. The summed E-state index contributed by atoms with van der Waals surface area (Å²) in [5, 5.41) is 9.36. The maximum Gasteiger partial charge on any atom is 0.438 e. The van der Waals surface area contributed by atoms with E-state index in [1.807, 2.05) is 5.38 Å². The van der Waals surface area contributed by atoms with Crippen LogP contribution >= 0.6 is 27.3 Å². The fourth-order valence-corrected chi connectivity index (χ4v) is 2.16. The van der Waals surface area contributed by atoms with Crippen molar-refractivity contribution < 1.29 is 4.52 Å². The zero-order valence-electron chi connectivity index (χ0n) is 7.49. The average Bonchev–Trinajstić information content (AvgIpc) is 2.76. The van der Waals surface area contributed by atoms with Gasteiger partial charge in [0.15, 0.2) is 11.0 Å². The summed E-state index contributed by atoms with van der Waals surface area (Å²) in [5.74, 6) is 0.00474. The summed E-state index contributed by atoms with van der Waals surface area (Å²) in [4.78, 5) is 17.2. The van der Waals surface area contributed by atoms with Crippen LogP contribution in [-0.4, -0.2) is 21.7 Å². The van der Waals surface area contributed by atoms with Gasteiger partial charge < -0.3 is 5.32 Å². The number of anilines is 1. The molecule has 6 nitrogen and oxygen atoms in total. The van der Waals surface area contributed by atoms with E-state index in [1.165, 1.54) is 11.3 Å². The van der Waals surface area contributed by atoms with Gasteiger partial charge in [0.1, 0.15) is 4.60 Å². The van der Waals surface area contributed by atoms with Crippen LogP contribution in [0.15, 0.2) is 19.3 Å². The molecule has 0 saturated heterocycles. The Hall–Kier alpha value is -1.15. The summed E-state index contributed by atoms with van der Waals surface area (Å²) >= 11 is 4.76. The van der Waals surface area contributed by atoms with Gasteiger partial charge in [0, 0.05) is 18.3 Å². The van der Waals surface area contributed by atoms with Crippen LogP contribution in [0, 0.1) is 0 Å². The Kier molecular flexibility index (Phi) is 3.17. The number of thiazole rings is 1. The van der Waals surface area contributed by atoms with Crippen LogP contribution in [0.1, 0.15) is 5.82 Å². The minimum absolute atomic E-state index is 0.526. The van der Waals surface area contributed by atoms with E-state index in [-0.39, 0.29) is 0 Å². The van der Waals surface area contributed by atoms with Crippen molar-refractivity contribution in [2.24, 2.45) is 0 Å². The summed E-state index contributed by atoms with van der Waals surface area (Å²) < 4.78 is 5.17. The highest BCUT2D eigenvalue weighted by Gasteiger charge is 2.01. The van der Waals surface area contributed by atoms with Crippen molar-refractivity contribution >= 4 is 32.4 Å². The van der Waals surface area contributed by atoms with Crippen LogP contribution in [-0.2, 0) is 6.42 Å². The molecule has 2 aromatic rings. The molecule has 0 atom stereocenters. The van der Waals surface area contributed by atoms with Gasteiger partial charge in [-0.25, -0.2) is 9.78 Å². The minimum atomic E-state index is -0.526. The van der Waals surface area contributed by atoms with Crippen molar-refractivity contribution in [1.29, 1.82) is 0 Å². The van der Waals surface area contributed by atoms with Crippen LogP contribution in [0.2, 0.25) is 0 Å². The lowest BCUT2D eigenvalue weighted by Crippen LogP contribution is -2.06. The first-order chi connectivity index (χ1) is 7.24. The molecule has 0 aromatic carbocycles. The van der Waals surface area contributed by atoms with E-state index in [9.17, 15) is 4.79 Å². The van der Waals surface area contributed by atoms with Crippen LogP contribution in [0.3, 0.4) is 0 Å². The Morgan fingerprint density at radius 1 is 1.67 bits per heavy atom. The van der Waals surface area contributed by atoms with E-state index in [4.69, 9.17) is 0 Å². The van der Waals surface area contributed by atoms with Gasteiger partial charge in [-0.15, -0.1) is 11.3 Å². The molecule has 0 aliphatic heterocycles. The quantitative estimate of drug-likeness (QED) is 0.885. The van der Waals surface area contributed by atoms with Gasteiger partial charge in [0.25, 0.3) is 0 Å². The van der Waals surface area contributed by atoms with Crippen molar-refractivity contribution in [3.05, 3.63) is 26.4 Å². The molecule has 15 heavy (non-hydrogen) atoms. The molecule has 2 heterocycles. The molecule has 0 bridgehead atoms. The van der Waals surface area contributed by atoms with Crippen LogP contribution in [0.4, 0.5) is 5.13 Å². The highest BCUT2D eigenvalue weighted by atomic mass is 79.9. The van der Waals surface area contributed by atoms with Gasteiger partial charge in [-0.3, -0.25) is 9.51 Å². The minimum Gasteiger partial charge on any atom is -0.361 e. The van der Waals surface area contributed by atoms with Gasteiger partial charge in [-0.2, -0.15) is 0 Å². The molecule has 2 rings (SSSR count). The molecule has 2 N–H and O–H groups in total. The largest absolute Gasteiger partial charge is 0.438 e. The van der Waals surface area contributed by atoms with Crippen molar-refractivity contribution in [3.8, 4) is 0 Å². The Morgan fingerprint density at radius 2 is 2.53 bits per heavy atom. The summed E-state index contributed by atoms with van der Waals surface area (Å²) in [6.45, 7) is 0.641. The number of aromatic amines is 1. The summed E-state index contributed by atoms with van der Waals surface area (Å²) in [6, 6.07) is 0. The molecule has 0 saturated carbocycles.